The summed E-state index contributed by atoms with van der Waals surface area (Å²) in [7, 11) is 5.94. The molecule has 0 atom stereocenters. The molecule has 2 aromatic rings. The van der Waals surface area contributed by atoms with Crippen molar-refractivity contribution in [2.24, 2.45) is 0 Å². The molecule has 18 heavy (non-hydrogen) atoms. The molecule has 3 rings (SSSR count). The smallest absolute Gasteiger partial charge is 0.258 e. The molecule has 86 valence electrons. The highest BCUT2D eigenvalue weighted by Crippen LogP contribution is 2.25. The van der Waals surface area contributed by atoms with E-state index in [0.717, 1.165) is 17.8 Å². The fourth-order valence-corrected chi connectivity index (χ4v) is 2.28. The molecular weight excluding hydrogens is 223 g/mol. The summed E-state index contributed by atoms with van der Waals surface area (Å²) >= 11 is 0. The first kappa shape index (κ1) is 11.0. The number of fused-ring (bicyclic) bond motifs is 1. The van der Waals surface area contributed by atoms with Crippen LogP contribution in [0.4, 0.5) is 5.69 Å². The van der Waals surface area contributed by atoms with Gasteiger partial charge >= 0.3 is 0 Å². The Morgan fingerprint density at radius 1 is 1.22 bits per heavy atom. The molecular formula is C14H11BN2O. The molecule has 2 radical (unpaired) electrons. The van der Waals surface area contributed by atoms with E-state index in [9.17, 15) is 4.79 Å². The van der Waals surface area contributed by atoms with Crippen molar-refractivity contribution in [3.63, 3.8) is 0 Å². The monoisotopic (exact) mass is 234 g/mol. The molecule has 1 aromatic heterocycles. The Kier molecular flexibility index (Phi) is 2.63. The van der Waals surface area contributed by atoms with Gasteiger partial charge in [-0.3, -0.25) is 9.78 Å². The molecule has 1 aliphatic heterocycles. The Balaban J connectivity index is 2.00. The van der Waals surface area contributed by atoms with Crippen molar-refractivity contribution in [2.75, 3.05) is 11.4 Å². The third-order valence-corrected chi connectivity index (χ3v) is 3.14. The molecule has 0 aliphatic carbocycles. The van der Waals surface area contributed by atoms with E-state index in [2.05, 4.69) is 4.98 Å². The van der Waals surface area contributed by atoms with Gasteiger partial charge in [0.15, 0.2) is 0 Å². The van der Waals surface area contributed by atoms with Gasteiger partial charge in [-0.05, 0) is 18.2 Å². The maximum absolute atomic E-state index is 12.4. The summed E-state index contributed by atoms with van der Waals surface area (Å²) < 4.78 is 0. The van der Waals surface area contributed by atoms with Gasteiger partial charge in [-0.1, -0.05) is 23.7 Å². The lowest BCUT2D eigenvalue weighted by atomic mass is 9.94. The SMILES string of the molecule is [B]c1ccnc2c1N(C(=O)c1ccccc1)CC2. The Morgan fingerprint density at radius 2 is 2.00 bits per heavy atom. The van der Waals surface area contributed by atoms with Crippen molar-refractivity contribution < 1.29 is 4.79 Å². The number of hydrogen-bond acceptors (Lipinski definition) is 2. The summed E-state index contributed by atoms with van der Waals surface area (Å²) in [4.78, 5) is 18.4. The second-order valence-corrected chi connectivity index (χ2v) is 4.27. The van der Waals surface area contributed by atoms with Gasteiger partial charge < -0.3 is 4.90 Å². The molecule has 4 heteroatoms. The summed E-state index contributed by atoms with van der Waals surface area (Å²) in [6.07, 6.45) is 2.45. The van der Waals surface area contributed by atoms with Gasteiger partial charge in [-0.15, -0.1) is 0 Å². The number of rotatable bonds is 1. The van der Waals surface area contributed by atoms with Crippen LogP contribution < -0.4 is 10.4 Å². The third kappa shape index (κ3) is 1.70. The van der Waals surface area contributed by atoms with Gasteiger partial charge in [-0.2, -0.15) is 0 Å². The quantitative estimate of drug-likeness (QED) is 0.691. The number of pyridine rings is 1. The van der Waals surface area contributed by atoms with Crippen LogP contribution in [0.3, 0.4) is 0 Å². The van der Waals surface area contributed by atoms with E-state index in [0.29, 0.717) is 17.6 Å². The molecule has 0 N–H and O–H groups in total. The van der Waals surface area contributed by atoms with Crippen LogP contribution in [-0.2, 0) is 6.42 Å². The minimum atomic E-state index is -0.0194. The Morgan fingerprint density at radius 3 is 2.78 bits per heavy atom. The standard InChI is InChI=1S/C14H11BN2O/c15-11-6-8-16-12-7-9-17(13(11)12)14(18)10-4-2-1-3-5-10/h1-6,8H,7,9H2. The minimum absolute atomic E-state index is 0.0194. The molecule has 1 aliphatic rings. The van der Waals surface area contributed by atoms with Gasteiger partial charge in [0.1, 0.15) is 7.85 Å². The van der Waals surface area contributed by atoms with E-state index in [-0.39, 0.29) is 5.91 Å². The Bertz CT molecular complexity index is 598. The zero-order valence-electron chi connectivity index (χ0n) is 9.84. The highest BCUT2D eigenvalue weighted by molar-refractivity contribution is 6.37. The topological polar surface area (TPSA) is 33.2 Å². The molecule has 0 fully saturated rings. The second kappa shape index (κ2) is 4.29. The lowest BCUT2D eigenvalue weighted by Gasteiger charge is -2.19. The van der Waals surface area contributed by atoms with E-state index in [4.69, 9.17) is 7.85 Å². The average Bonchev–Trinajstić information content (AvgIpc) is 2.84. The van der Waals surface area contributed by atoms with Crippen molar-refractivity contribution in [1.29, 1.82) is 0 Å². The predicted molar refractivity (Wildman–Crippen MR) is 71.4 cm³/mol. The molecule has 0 spiro atoms. The number of aromatic nitrogens is 1. The van der Waals surface area contributed by atoms with E-state index in [1.165, 1.54) is 0 Å². The molecule has 0 saturated carbocycles. The van der Waals surface area contributed by atoms with Crippen LogP contribution in [0.2, 0.25) is 0 Å². The van der Waals surface area contributed by atoms with E-state index >= 15 is 0 Å². The summed E-state index contributed by atoms with van der Waals surface area (Å²) in [6, 6.07) is 11.0. The van der Waals surface area contributed by atoms with Crippen LogP contribution in [0.25, 0.3) is 0 Å². The largest absolute Gasteiger partial charge is 0.307 e. The van der Waals surface area contributed by atoms with E-state index < -0.39 is 0 Å². The van der Waals surface area contributed by atoms with Gasteiger partial charge in [0.2, 0.25) is 0 Å². The van der Waals surface area contributed by atoms with Crippen molar-refractivity contribution in [2.45, 2.75) is 6.42 Å². The first-order valence-electron chi connectivity index (χ1n) is 5.87. The number of benzene rings is 1. The van der Waals surface area contributed by atoms with Crippen LogP contribution in [0.5, 0.6) is 0 Å². The van der Waals surface area contributed by atoms with Gasteiger partial charge in [0.05, 0.1) is 11.4 Å². The Labute approximate surface area is 107 Å². The summed E-state index contributed by atoms with van der Waals surface area (Å²) in [5, 5.41) is 0. The number of carbonyl (C=O) groups is 1. The van der Waals surface area contributed by atoms with Crippen LogP contribution in [0, 0.1) is 0 Å². The summed E-state index contributed by atoms with van der Waals surface area (Å²) in [5.74, 6) is -0.0194. The van der Waals surface area contributed by atoms with E-state index in [1.807, 2.05) is 30.3 Å². The van der Waals surface area contributed by atoms with Crippen molar-refractivity contribution in [1.82, 2.24) is 4.98 Å². The second-order valence-electron chi connectivity index (χ2n) is 4.27. The highest BCUT2D eigenvalue weighted by atomic mass is 16.2. The first-order chi connectivity index (χ1) is 8.77. The fraction of sp³-hybridized carbons (Fsp3) is 0.143. The maximum Gasteiger partial charge on any atom is 0.258 e. The average molecular weight is 234 g/mol. The summed E-state index contributed by atoms with van der Waals surface area (Å²) in [5.41, 5.74) is 2.96. The highest BCUT2D eigenvalue weighted by Gasteiger charge is 2.27. The number of anilines is 1. The van der Waals surface area contributed by atoms with Crippen molar-refractivity contribution >= 4 is 24.9 Å². The Hall–Kier alpha value is -2.10. The molecule has 0 saturated heterocycles. The molecule has 2 heterocycles. The first-order valence-corrected chi connectivity index (χ1v) is 5.87. The van der Waals surface area contributed by atoms with Crippen molar-refractivity contribution in [3.8, 4) is 0 Å². The number of nitrogens with zero attached hydrogens (tertiary/aromatic N) is 2. The van der Waals surface area contributed by atoms with Crippen LogP contribution in [-0.4, -0.2) is 25.3 Å². The lowest BCUT2D eigenvalue weighted by molar-refractivity contribution is 0.0989. The molecule has 1 amide bonds. The van der Waals surface area contributed by atoms with Crippen LogP contribution in [0.1, 0.15) is 16.1 Å². The minimum Gasteiger partial charge on any atom is -0.307 e. The molecule has 1 aromatic carbocycles. The predicted octanol–water partition coefficient (Wildman–Crippen LogP) is 1.08. The molecule has 3 nitrogen and oxygen atoms in total. The van der Waals surface area contributed by atoms with Crippen LogP contribution in [0.15, 0.2) is 42.6 Å². The van der Waals surface area contributed by atoms with Crippen LogP contribution >= 0.6 is 0 Å². The van der Waals surface area contributed by atoms with Gasteiger partial charge in [0, 0.05) is 24.7 Å². The van der Waals surface area contributed by atoms with Crippen molar-refractivity contribution in [3.05, 3.63) is 53.9 Å². The van der Waals surface area contributed by atoms with Gasteiger partial charge in [0.25, 0.3) is 5.91 Å². The fourth-order valence-electron chi connectivity index (χ4n) is 2.28. The maximum atomic E-state index is 12.4. The number of amides is 1. The third-order valence-electron chi connectivity index (χ3n) is 3.14. The van der Waals surface area contributed by atoms with E-state index in [1.54, 1.807) is 17.2 Å². The molecule has 0 unspecified atom stereocenters. The summed E-state index contributed by atoms with van der Waals surface area (Å²) in [6.45, 7) is 0.643. The van der Waals surface area contributed by atoms with Gasteiger partial charge in [-0.25, -0.2) is 0 Å². The number of carbonyl (C=O) groups excluding carboxylic acids is 1. The lowest BCUT2D eigenvalue weighted by Crippen LogP contribution is -2.32. The zero-order chi connectivity index (χ0) is 12.5. The number of hydrogen-bond donors (Lipinski definition) is 0. The molecule has 0 bridgehead atoms. The normalized spacial score (nSPS) is 13.4. The zero-order valence-corrected chi connectivity index (χ0v) is 9.84.